The van der Waals surface area contributed by atoms with Crippen molar-refractivity contribution in [2.75, 3.05) is 10.7 Å². The lowest BCUT2D eigenvalue weighted by Gasteiger charge is -2.20. The van der Waals surface area contributed by atoms with Crippen molar-refractivity contribution in [2.24, 2.45) is 0 Å². The Morgan fingerprint density at radius 2 is 1.62 bits per heavy atom. The molecule has 0 radical (unpaired) electrons. The number of benzene rings is 3. The topological polar surface area (TPSA) is 67.3 Å². The summed E-state index contributed by atoms with van der Waals surface area (Å²) in [5.41, 5.74) is 3.68. The monoisotopic (exact) mass is 468 g/mol. The number of nitrogens with zero attached hydrogens (tertiary/aromatic N) is 2. The molecule has 164 valence electrons. The highest BCUT2D eigenvalue weighted by molar-refractivity contribution is 7.92. The van der Waals surface area contributed by atoms with Crippen LogP contribution in [0, 0.1) is 19.7 Å². The normalized spacial score (nSPS) is 11.6. The van der Waals surface area contributed by atoms with Crippen molar-refractivity contribution >= 4 is 42.4 Å². The zero-order valence-electron chi connectivity index (χ0n) is 17.6. The van der Waals surface area contributed by atoms with E-state index >= 15 is 0 Å². The summed E-state index contributed by atoms with van der Waals surface area (Å²) >= 11 is 1.37. The zero-order chi connectivity index (χ0) is 22.9. The Balaban J connectivity index is 1.72. The van der Waals surface area contributed by atoms with Gasteiger partial charge in [-0.3, -0.25) is 9.69 Å². The minimum absolute atomic E-state index is 0.0945. The van der Waals surface area contributed by atoms with E-state index in [4.69, 9.17) is 0 Å². The molecule has 1 heterocycles. The highest BCUT2D eigenvalue weighted by Crippen LogP contribution is 2.34. The number of carbonyl (C=O) groups excluding carboxylic acids is 1. The maximum Gasteiger partial charge on any atom is 0.244 e. The van der Waals surface area contributed by atoms with E-state index in [-0.39, 0.29) is 11.4 Å². The summed E-state index contributed by atoms with van der Waals surface area (Å²) in [5.74, 6) is -1.87. The summed E-state index contributed by atoms with van der Waals surface area (Å²) in [6, 6.07) is 17.8. The Hall–Kier alpha value is -3.10. The molecule has 0 fully saturated rings. The number of hydrogen-bond acceptors (Lipinski definition) is 5. The molecule has 0 saturated carbocycles. The summed E-state index contributed by atoms with van der Waals surface area (Å²) in [5, 5.41) is 0.445. The molecular weight excluding hydrogens is 447 g/mol. The minimum Gasteiger partial charge on any atom is -0.283 e. The second-order valence-electron chi connectivity index (χ2n) is 7.55. The fourth-order valence-corrected chi connectivity index (χ4v) is 5.68. The van der Waals surface area contributed by atoms with Gasteiger partial charge in [-0.2, -0.15) is 0 Å². The molecule has 4 aromatic rings. The van der Waals surface area contributed by atoms with Gasteiger partial charge < -0.3 is 0 Å². The van der Waals surface area contributed by atoms with Crippen LogP contribution in [0.2, 0.25) is 0 Å². The van der Waals surface area contributed by atoms with Crippen LogP contribution in [-0.4, -0.2) is 25.1 Å². The van der Waals surface area contributed by atoms with E-state index in [1.165, 1.54) is 28.4 Å². The molecule has 1 amide bonds. The van der Waals surface area contributed by atoms with E-state index in [2.05, 4.69) is 4.98 Å². The Morgan fingerprint density at radius 1 is 0.969 bits per heavy atom. The molecule has 0 atom stereocenters. The first-order valence-electron chi connectivity index (χ1n) is 9.94. The van der Waals surface area contributed by atoms with Crippen molar-refractivity contribution in [3.05, 3.63) is 89.2 Å². The third-order valence-electron chi connectivity index (χ3n) is 5.13. The molecule has 4 rings (SSSR count). The molecule has 8 heteroatoms. The molecule has 1 aromatic heterocycles. The molecule has 0 saturated heterocycles. The predicted octanol–water partition coefficient (Wildman–Crippen LogP) is 5.06. The average Bonchev–Trinajstić information content (AvgIpc) is 3.22. The molecule has 3 aromatic carbocycles. The van der Waals surface area contributed by atoms with Gasteiger partial charge in [-0.25, -0.2) is 17.8 Å². The molecule has 5 nitrogen and oxygen atoms in total. The van der Waals surface area contributed by atoms with E-state index < -0.39 is 27.3 Å². The van der Waals surface area contributed by atoms with Gasteiger partial charge in [0.15, 0.2) is 15.0 Å². The second-order valence-corrected chi connectivity index (χ2v) is 10.5. The number of halogens is 1. The van der Waals surface area contributed by atoms with Gasteiger partial charge in [-0.05, 0) is 54.8 Å². The Kier molecular flexibility index (Phi) is 6.08. The smallest absolute Gasteiger partial charge is 0.244 e. The Bertz CT molecular complexity index is 1340. The van der Waals surface area contributed by atoms with Gasteiger partial charge in [-0.1, -0.05) is 53.8 Å². The van der Waals surface area contributed by atoms with Crippen LogP contribution in [0.4, 0.5) is 9.52 Å². The second kappa shape index (κ2) is 8.80. The lowest BCUT2D eigenvalue weighted by Crippen LogP contribution is -2.35. The van der Waals surface area contributed by atoms with Crippen LogP contribution >= 0.6 is 11.3 Å². The van der Waals surface area contributed by atoms with E-state index in [1.54, 1.807) is 0 Å². The number of amides is 1. The largest absolute Gasteiger partial charge is 0.283 e. The third kappa shape index (κ3) is 4.56. The number of fused-ring (bicyclic) bond motifs is 1. The number of aromatic nitrogens is 1. The number of sulfone groups is 1. The van der Waals surface area contributed by atoms with Crippen LogP contribution in [0.5, 0.6) is 0 Å². The van der Waals surface area contributed by atoms with E-state index in [0.29, 0.717) is 5.13 Å². The molecular formula is C24H21FN2O3S2. The van der Waals surface area contributed by atoms with Gasteiger partial charge in [0.1, 0.15) is 11.6 Å². The first kappa shape index (κ1) is 22.1. The molecule has 0 aliphatic rings. The van der Waals surface area contributed by atoms with Crippen LogP contribution in [0.1, 0.15) is 16.7 Å². The van der Waals surface area contributed by atoms with E-state index in [1.807, 2.05) is 56.3 Å². The summed E-state index contributed by atoms with van der Waals surface area (Å²) in [7, 11) is -3.95. The molecule has 32 heavy (non-hydrogen) atoms. The van der Waals surface area contributed by atoms with Crippen molar-refractivity contribution < 1.29 is 17.6 Å². The first-order valence-corrected chi connectivity index (χ1v) is 12.4. The molecule has 0 N–H and O–H groups in total. The van der Waals surface area contributed by atoms with Gasteiger partial charge in [0, 0.05) is 0 Å². The van der Waals surface area contributed by atoms with Gasteiger partial charge in [-0.15, -0.1) is 0 Å². The van der Waals surface area contributed by atoms with Crippen molar-refractivity contribution in [3.63, 3.8) is 0 Å². The standard InChI is InChI=1S/C24H21FN2O3S2/c1-16-8-9-17(2)23-22(16)26-24(31-23)27(14-18-6-4-3-5-7-18)21(28)15-32(29,30)20-12-10-19(25)11-13-20/h3-13H,14-15H2,1-2H3. The third-order valence-corrected chi connectivity index (χ3v) is 7.96. The molecule has 0 aliphatic heterocycles. The zero-order valence-corrected chi connectivity index (χ0v) is 19.2. The van der Waals surface area contributed by atoms with Crippen LogP contribution in [0.25, 0.3) is 10.2 Å². The minimum atomic E-state index is -3.95. The fraction of sp³-hybridized carbons (Fsp3) is 0.167. The van der Waals surface area contributed by atoms with Crippen LogP contribution < -0.4 is 4.90 Å². The molecule has 0 bridgehead atoms. The Morgan fingerprint density at radius 3 is 2.28 bits per heavy atom. The summed E-state index contributed by atoms with van der Waals surface area (Å²) in [4.78, 5) is 19.3. The van der Waals surface area contributed by atoms with E-state index in [0.717, 1.165) is 39.0 Å². The lowest BCUT2D eigenvalue weighted by atomic mass is 10.1. The molecule has 0 aliphatic carbocycles. The maximum atomic E-state index is 13.3. The highest BCUT2D eigenvalue weighted by atomic mass is 32.2. The maximum absolute atomic E-state index is 13.3. The SMILES string of the molecule is Cc1ccc(C)c2sc(N(Cc3ccccc3)C(=O)CS(=O)(=O)c3ccc(F)cc3)nc12. The molecule has 0 unspecified atom stereocenters. The number of carbonyl (C=O) groups is 1. The fourth-order valence-electron chi connectivity index (χ4n) is 3.36. The predicted molar refractivity (Wildman–Crippen MR) is 125 cm³/mol. The van der Waals surface area contributed by atoms with Crippen molar-refractivity contribution in [3.8, 4) is 0 Å². The number of anilines is 1. The summed E-state index contributed by atoms with van der Waals surface area (Å²) in [6.07, 6.45) is 0. The van der Waals surface area contributed by atoms with Crippen LogP contribution in [0.3, 0.4) is 0 Å². The summed E-state index contributed by atoms with van der Waals surface area (Å²) in [6.45, 7) is 4.12. The number of aryl methyl sites for hydroxylation is 2. The first-order chi connectivity index (χ1) is 15.2. The number of hydrogen-bond donors (Lipinski definition) is 0. The Labute approximate surface area is 190 Å². The van der Waals surface area contributed by atoms with E-state index in [9.17, 15) is 17.6 Å². The van der Waals surface area contributed by atoms with Crippen LogP contribution in [-0.2, 0) is 21.2 Å². The van der Waals surface area contributed by atoms with Crippen molar-refractivity contribution in [1.29, 1.82) is 0 Å². The van der Waals surface area contributed by atoms with Gasteiger partial charge in [0.25, 0.3) is 0 Å². The van der Waals surface area contributed by atoms with Crippen LogP contribution in [0.15, 0.2) is 71.6 Å². The van der Waals surface area contributed by atoms with Gasteiger partial charge in [0.2, 0.25) is 5.91 Å². The number of rotatable bonds is 6. The van der Waals surface area contributed by atoms with Gasteiger partial charge in [0.05, 0.1) is 21.7 Å². The van der Waals surface area contributed by atoms with Crippen molar-refractivity contribution in [1.82, 2.24) is 4.98 Å². The molecule has 0 spiro atoms. The van der Waals surface area contributed by atoms with Crippen molar-refractivity contribution in [2.45, 2.75) is 25.3 Å². The summed E-state index contributed by atoms with van der Waals surface area (Å²) < 4.78 is 39.9. The number of thiazole rings is 1. The highest BCUT2D eigenvalue weighted by Gasteiger charge is 2.27. The lowest BCUT2D eigenvalue weighted by molar-refractivity contribution is -0.116. The average molecular weight is 469 g/mol. The van der Waals surface area contributed by atoms with Gasteiger partial charge >= 0.3 is 0 Å². The quantitative estimate of drug-likeness (QED) is 0.371.